The van der Waals surface area contributed by atoms with Crippen molar-refractivity contribution in [1.82, 2.24) is 0 Å². The van der Waals surface area contributed by atoms with Gasteiger partial charge in [0.25, 0.3) is 0 Å². The zero-order valence-corrected chi connectivity index (χ0v) is 51.7. The van der Waals surface area contributed by atoms with Crippen LogP contribution in [0.5, 0.6) is 0 Å². The Morgan fingerprint density at radius 1 is 0.0777 bits per heavy atom. The van der Waals surface area contributed by atoms with Gasteiger partial charge in [0.2, 0.25) is 0 Å². The fourth-order valence-electron chi connectivity index (χ4n) is 3.11. The first-order valence-electron chi connectivity index (χ1n) is 25.6. The van der Waals surface area contributed by atoms with Gasteiger partial charge in [0.15, 0.2) is 0 Å². The second-order valence-corrected chi connectivity index (χ2v) is 12.7. The maximum atomic E-state index is 6.59. The van der Waals surface area contributed by atoms with Crippen molar-refractivity contribution < 1.29 is 0 Å². The molecular weight excluding hydrogens is 1240 g/mol. The quantitative estimate of drug-likeness (QED) is 0.247. The maximum absolute atomic E-state index is 6.59. The van der Waals surface area contributed by atoms with E-state index in [4.69, 9.17) is 6.42 Å². The average Bonchev–Trinajstić information content (AvgIpc) is 3.71. The van der Waals surface area contributed by atoms with Gasteiger partial charge in [0, 0.05) is 468 Å². The number of hydrogen-bond acceptors (Lipinski definition) is 0. The van der Waals surface area contributed by atoms with E-state index < -0.39 is 0 Å². The van der Waals surface area contributed by atoms with Gasteiger partial charge < -0.3 is 6.42 Å². The highest BCUT2D eigenvalue weighted by molar-refractivity contribution is 5.56. The molecule has 0 saturated carbocycles. The van der Waals surface area contributed by atoms with E-state index in [9.17, 15) is 0 Å². The minimum absolute atomic E-state index is 1.87. The Morgan fingerprint density at radius 3 is 0.175 bits per heavy atom. The predicted molar refractivity (Wildman–Crippen MR) is 401 cm³/mol. The summed E-state index contributed by atoms with van der Waals surface area (Å²) in [6.45, 7) is 3.32. The van der Waals surface area contributed by atoms with E-state index in [0.717, 1.165) is 0 Å². The topological polar surface area (TPSA) is 0 Å². The lowest BCUT2D eigenvalue weighted by Crippen LogP contribution is -1.57. The third-order valence-corrected chi connectivity index (χ3v) is 6.28. The highest BCUT2D eigenvalue weighted by atomic mass is 13.7. The average molecular weight is 1240 g/mol. The molecule has 0 heteroatoms. The molecule has 0 amide bonds. The van der Waals surface area contributed by atoms with Crippen LogP contribution in [0.4, 0.5) is 0 Å². The van der Waals surface area contributed by atoms with Crippen molar-refractivity contribution in [3.8, 4) is 598 Å². The summed E-state index contributed by atoms with van der Waals surface area (Å²) < 4.78 is 0. The van der Waals surface area contributed by atoms with Crippen LogP contribution < -0.4 is 0 Å². The predicted octanol–water partition coefficient (Wildman–Crippen LogP) is 0.580. The van der Waals surface area contributed by atoms with Gasteiger partial charge in [-0.05, 0) is 94.7 Å². The Morgan fingerprint density at radius 2 is 0.126 bits per heavy atom. The van der Waals surface area contributed by atoms with Crippen molar-refractivity contribution in [2.45, 2.75) is 0 Å². The summed E-state index contributed by atoms with van der Waals surface area (Å²) in [5, 5.41) is 0. The largest absolute Gasteiger partial charge is 0.358 e. The molecule has 0 aromatic rings. The second kappa shape index (κ2) is 79.4. The Kier molecular flexibility index (Phi) is 62.0. The SMILES string of the molecule is [C-]#CC#CC#CC#CC#CC#CC#CC#CC#CC#CC#CC#CC#CC#CC#CC#CC#CC#CC#CC#CC#CC#CC#CC#CC#CC#CC#CC#CC#CC#CC#CC#CC#CC#CC#CC#CC#CC#CC#CC#CC#CC#CC#CC#CC#CC#CC#CC#CC#CC#CC#C[CH2-]. The lowest BCUT2D eigenvalue weighted by atomic mass is 10.4. The normalized spacial score (nSPS) is 3.95. The summed E-state index contributed by atoms with van der Waals surface area (Å²) >= 11 is 0. The van der Waals surface area contributed by atoms with Crippen LogP contribution in [0.3, 0.4) is 0 Å². The Balaban J connectivity index is 4.64. The van der Waals surface area contributed by atoms with Gasteiger partial charge in [-0.25, -0.2) is 11.8 Å². The molecule has 0 spiro atoms. The Hall–Kier alpha value is -22.6. The molecule has 0 nitrogen and oxygen atoms in total. The van der Waals surface area contributed by atoms with Crippen LogP contribution in [0.2, 0.25) is 0 Å². The minimum atomic E-state index is 1.87. The van der Waals surface area contributed by atoms with Crippen LogP contribution in [0, 0.1) is 611 Å². The molecule has 0 atom stereocenters. The number of hydrogen-bond donors (Lipinski definition) is 0. The summed E-state index contributed by atoms with van der Waals surface area (Å²) in [7, 11) is 0. The summed E-state index contributed by atoms with van der Waals surface area (Å²) in [5.41, 5.74) is 0. The molecular formula is C103H2-2. The van der Waals surface area contributed by atoms with Gasteiger partial charge >= 0.3 is 0 Å². The lowest BCUT2D eigenvalue weighted by molar-refractivity contribution is 2.31. The van der Waals surface area contributed by atoms with Crippen molar-refractivity contribution >= 4 is 0 Å². The van der Waals surface area contributed by atoms with E-state index in [-0.39, 0.29) is 0 Å². The molecule has 0 saturated heterocycles. The van der Waals surface area contributed by atoms with Gasteiger partial charge in [-0.2, -0.15) is 6.92 Å². The Labute approximate surface area is 607 Å². The molecule has 0 unspecified atom stereocenters. The van der Waals surface area contributed by atoms with Crippen molar-refractivity contribution in [2.24, 2.45) is 0 Å². The third-order valence-electron chi connectivity index (χ3n) is 6.28. The van der Waals surface area contributed by atoms with Gasteiger partial charge in [-0.1, -0.05) is 0 Å². The van der Waals surface area contributed by atoms with Gasteiger partial charge in [0.1, 0.15) is 0 Å². The molecule has 0 aliphatic carbocycles. The Bertz CT molecular complexity index is 7310. The molecule has 416 valence electrons. The zero-order valence-electron chi connectivity index (χ0n) is 51.7. The smallest absolute Gasteiger partial charge is 0 e. The van der Waals surface area contributed by atoms with E-state index in [1.165, 1.54) is 0 Å². The standard InChI is InChI=1S/C103H2/c1-3-5-7-9-11-13-15-17-19-21-23-25-27-29-31-33-35-37-39-41-43-45-47-49-51-53-55-57-59-61-63-65-67-69-71-73-75-77-79-81-83-85-87-89-91-93-95-97-99-101-103-102-100-98-96-94-92-90-88-86-84-82-80-78-76-74-72-70-68-66-64-62-60-58-56-54-52-50-48-46-44-42-40-38-36-34-32-30-28-26-24-22-20-18-16-14-12-10-8-6-4-2/h1H2/q-2. The third kappa shape index (κ3) is 79.4. The van der Waals surface area contributed by atoms with Crippen LogP contribution in [0.15, 0.2) is 0 Å². The van der Waals surface area contributed by atoms with Crippen molar-refractivity contribution in [1.29, 1.82) is 0 Å². The molecule has 0 heterocycles. The van der Waals surface area contributed by atoms with Crippen LogP contribution in [-0.2, 0) is 0 Å². The van der Waals surface area contributed by atoms with Crippen LogP contribution in [0.25, 0.3) is 0 Å². The highest BCUT2D eigenvalue weighted by Gasteiger charge is 1.67. The van der Waals surface area contributed by atoms with Gasteiger partial charge in [-0.15, -0.1) is 11.8 Å². The monoisotopic (exact) mass is 1240 g/mol. The van der Waals surface area contributed by atoms with Crippen LogP contribution in [-0.4, -0.2) is 0 Å². The molecule has 0 N–H and O–H groups in total. The molecule has 0 bridgehead atoms. The molecule has 0 aromatic heterocycles. The minimum Gasteiger partial charge on any atom is -0.358 e. The molecule has 0 aliphatic rings. The molecule has 0 rings (SSSR count). The van der Waals surface area contributed by atoms with Gasteiger partial charge in [-0.3, -0.25) is 11.8 Å². The molecule has 0 aliphatic heterocycles. The highest BCUT2D eigenvalue weighted by Crippen LogP contribution is 1.67. The van der Waals surface area contributed by atoms with E-state index in [1.54, 1.807) is 0 Å². The summed E-state index contributed by atoms with van der Waals surface area (Å²) in [4.78, 5) is 0. The molecule has 0 fully saturated rings. The second-order valence-electron chi connectivity index (χ2n) is 12.7. The van der Waals surface area contributed by atoms with Crippen molar-refractivity contribution in [2.75, 3.05) is 0 Å². The molecule has 0 aromatic carbocycles. The van der Waals surface area contributed by atoms with Crippen LogP contribution >= 0.6 is 0 Å². The van der Waals surface area contributed by atoms with Gasteiger partial charge in [0.05, 0.1) is 0 Å². The zero-order chi connectivity index (χ0) is 73.4. The van der Waals surface area contributed by atoms with Crippen molar-refractivity contribution in [3.05, 3.63) is 13.3 Å². The first kappa shape index (κ1) is 80.4. The summed E-state index contributed by atoms with van der Waals surface area (Å²) in [6.07, 6.45) is 6.59. The first-order chi connectivity index (χ1) is 51.4. The first-order valence-corrected chi connectivity index (χ1v) is 25.6. The summed E-state index contributed by atoms with van der Waals surface area (Å²) in [6, 6.07) is 0. The van der Waals surface area contributed by atoms with Crippen LogP contribution in [0.1, 0.15) is 0 Å². The molecule has 0 radical (unpaired) electrons. The maximum Gasteiger partial charge on any atom is 0 e. The van der Waals surface area contributed by atoms with E-state index >= 15 is 0 Å². The van der Waals surface area contributed by atoms with E-state index in [1.807, 2.05) is 5.92 Å². The lowest BCUT2D eigenvalue weighted by Gasteiger charge is -1.64. The number of rotatable bonds is 0. The fourth-order valence-corrected chi connectivity index (χ4v) is 3.11. The summed E-state index contributed by atoms with van der Waals surface area (Å²) in [5.74, 6) is 251. The fraction of sp³-hybridized carbons (Fsp3) is 0. The van der Waals surface area contributed by atoms with Crippen molar-refractivity contribution in [3.63, 3.8) is 0 Å². The molecule has 103 heavy (non-hydrogen) atoms. The van der Waals surface area contributed by atoms with E-state index in [0.29, 0.717) is 0 Å². The van der Waals surface area contributed by atoms with E-state index in [2.05, 4.69) is 599 Å².